The Hall–Kier alpha value is -0.340. The van der Waals surface area contributed by atoms with Gasteiger partial charge in [-0.2, -0.15) is 0 Å². The first-order chi connectivity index (χ1) is 7.92. The van der Waals surface area contributed by atoms with Crippen LogP contribution in [-0.4, -0.2) is 6.54 Å². The molecule has 0 saturated carbocycles. The van der Waals surface area contributed by atoms with Crippen molar-refractivity contribution in [1.29, 1.82) is 0 Å². The predicted octanol–water partition coefficient (Wildman–Crippen LogP) is 4.84. The van der Waals surface area contributed by atoms with Gasteiger partial charge in [0.05, 0.1) is 0 Å². The SMILES string of the molecule is CCCNC(c1sc(C)cc1C)C(C)(C)CC. The Balaban J connectivity index is 3.01. The van der Waals surface area contributed by atoms with Crippen molar-refractivity contribution in [3.8, 4) is 0 Å². The van der Waals surface area contributed by atoms with Gasteiger partial charge in [0, 0.05) is 15.8 Å². The first-order valence-electron chi connectivity index (χ1n) is 6.72. The summed E-state index contributed by atoms with van der Waals surface area (Å²) in [5.41, 5.74) is 1.76. The Kier molecular flexibility index (Phi) is 5.21. The molecule has 2 heteroatoms. The topological polar surface area (TPSA) is 12.0 Å². The molecule has 0 saturated heterocycles. The van der Waals surface area contributed by atoms with Crippen molar-refractivity contribution in [3.05, 3.63) is 21.4 Å². The van der Waals surface area contributed by atoms with Crippen LogP contribution in [0.4, 0.5) is 0 Å². The third-order valence-electron chi connectivity index (χ3n) is 3.63. The fourth-order valence-corrected chi connectivity index (χ4v) is 3.49. The molecule has 1 heterocycles. The maximum absolute atomic E-state index is 3.74. The second kappa shape index (κ2) is 6.01. The van der Waals surface area contributed by atoms with E-state index < -0.39 is 0 Å². The summed E-state index contributed by atoms with van der Waals surface area (Å²) < 4.78 is 0. The molecule has 1 nitrogen and oxygen atoms in total. The standard InChI is InChI=1S/C15H27NS/c1-7-9-16-14(15(5,6)8-2)13-11(3)10-12(4)17-13/h10,14,16H,7-9H2,1-6H3. The van der Waals surface area contributed by atoms with Crippen LogP contribution in [0.2, 0.25) is 0 Å². The Morgan fingerprint density at radius 1 is 1.29 bits per heavy atom. The van der Waals surface area contributed by atoms with E-state index in [0.717, 1.165) is 6.54 Å². The first kappa shape index (κ1) is 14.7. The maximum atomic E-state index is 3.74. The molecule has 0 aromatic carbocycles. The first-order valence-corrected chi connectivity index (χ1v) is 7.54. The van der Waals surface area contributed by atoms with Gasteiger partial charge in [0.25, 0.3) is 0 Å². The number of rotatable bonds is 6. The highest BCUT2D eigenvalue weighted by Gasteiger charge is 2.30. The smallest absolute Gasteiger partial charge is 0.0469 e. The quantitative estimate of drug-likeness (QED) is 0.765. The van der Waals surface area contributed by atoms with Crippen LogP contribution < -0.4 is 5.32 Å². The highest BCUT2D eigenvalue weighted by atomic mass is 32.1. The average Bonchev–Trinajstić information content (AvgIpc) is 2.58. The van der Waals surface area contributed by atoms with E-state index in [4.69, 9.17) is 0 Å². The van der Waals surface area contributed by atoms with E-state index in [1.165, 1.54) is 28.2 Å². The molecule has 0 aliphatic heterocycles. The summed E-state index contributed by atoms with van der Waals surface area (Å²) in [5.74, 6) is 0. The van der Waals surface area contributed by atoms with Gasteiger partial charge < -0.3 is 5.32 Å². The zero-order valence-electron chi connectivity index (χ0n) is 12.2. The minimum absolute atomic E-state index is 0.317. The Morgan fingerprint density at radius 2 is 1.94 bits per heavy atom. The molecule has 1 unspecified atom stereocenters. The lowest BCUT2D eigenvalue weighted by molar-refractivity contribution is 0.237. The molecule has 0 fully saturated rings. The van der Waals surface area contributed by atoms with Crippen molar-refractivity contribution in [2.24, 2.45) is 5.41 Å². The second-order valence-corrected chi connectivity index (χ2v) is 6.92. The number of aryl methyl sites for hydroxylation is 2. The van der Waals surface area contributed by atoms with Gasteiger partial charge in [0.1, 0.15) is 0 Å². The molecule has 0 radical (unpaired) electrons. The van der Waals surface area contributed by atoms with Gasteiger partial charge in [-0.1, -0.05) is 27.7 Å². The van der Waals surface area contributed by atoms with E-state index in [0.29, 0.717) is 11.5 Å². The number of thiophene rings is 1. The third-order valence-corrected chi connectivity index (χ3v) is 4.85. The van der Waals surface area contributed by atoms with Crippen molar-refractivity contribution in [1.82, 2.24) is 5.32 Å². The second-order valence-electron chi connectivity index (χ2n) is 5.63. The molecule has 1 N–H and O–H groups in total. The van der Waals surface area contributed by atoms with Crippen LogP contribution in [0.15, 0.2) is 6.07 Å². The molecule has 1 aromatic rings. The minimum Gasteiger partial charge on any atom is -0.309 e. The van der Waals surface area contributed by atoms with Crippen molar-refractivity contribution in [2.75, 3.05) is 6.54 Å². The predicted molar refractivity (Wildman–Crippen MR) is 78.9 cm³/mol. The van der Waals surface area contributed by atoms with Crippen molar-refractivity contribution >= 4 is 11.3 Å². The largest absolute Gasteiger partial charge is 0.309 e. The van der Waals surface area contributed by atoms with Gasteiger partial charge in [0.15, 0.2) is 0 Å². The van der Waals surface area contributed by atoms with Gasteiger partial charge in [-0.25, -0.2) is 0 Å². The zero-order chi connectivity index (χ0) is 13.1. The molecule has 0 bridgehead atoms. The molecule has 0 aliphatic carbocycles. The zero-order valence-corrected chi connectivity index (χ0v) is 13.0. The summed E-state index contributed by atoms with van der Waals surface area (Å²) >= 11 is 1.95. The van der Waals surface area contributed by atoms with Gasteiger partial charge in [-0.15, -0.1) is 11.3 Å². The van der Waals surface area contributed by atoms with Crippen molar-refractivity contribution < 1.29 is 0 Å². The van der Waals surface area contributed by atoms with Crippen LogP contribution >= 0.6 is 11.3 Å². The lowest BCUT2D eigenvalue weighted by atomic mass is 9.80. The molecular formula is C15H27NS. The lowest BCUT2D eigenvalue weighted by Crippen LogP contribution is -2.34. The van der Waals surface area contributed by atoms with E-state index in [9.17, 15) is 0 Å². The Bertz CT molecular complexity index is 352. The monoisotopic (exact) mass is 253 g/mol. The lowest BCUT2D eigenvalue weighted by Gasteiger charge is -2.34. The molecule has 0 aliphatic rings. The normalized spacial score (nSPS) is 14.0. The fraction of sp³-hybridized carbons (Fsp3) is 0.733. The van der Waals surface area contributed by atoms with E-state index >= 15 is 0 Å². The fourth-order valence-electron chi connectivity index (χ4n) is 2.16. The van der Waals surface area contributed by atoms with E-state index in [1.54, 1.807) is 0 Å². The van der Waals surface area contributed by atoms with Crippen molar-refractivity contribution in [3.63, 3.8) is 0 Å². The van der Waals surface area contributed by atoms with Crippen LogP contribution in [0, 0.1) is 19.3 Å². The highest BCUT2D eigenvalue weighted by molar-refractivity contribution is 7.12. The summed E-state index contributed by atoms with van der Waals surface area (Å²) in [4.78, 5) is 2.95. The van der Waals surface area contributed by atoms with Crippen LogP contribution in [0.5, 0.6) is 0 Å². The summed E-state index contributed by atoms with van der Waals surface area (Å²) in [6, 6.07) is 2.80. The Morgan fingerprint density at radius 3 is 2.35 bits per heavy atom. The molecule has 1 rings (SSSR count). The molecule has 0 amide bonds. The van der Waals surface area contributed by atoms with Crippen molar-refractivity contribution in [2.45, 2.75) is 60.4 Å². The van der Waals surface area contributed by atoms with E-state index in [-0.39, 0.29) is 0 Å². The van der Waals surface area contributed by atoms with Gasteiger partial charge in [-0.05, 0) is 50.3 Å². The summed E-state index contributed by atoms with van der Waals surface area (Å²) in [7, 11) is 0. The van der Waals surface area contributed by atoms with Gasteiger partial charge >= 0.3 is 0 Å². The van der Waals surface area contributed by atoms with E-state index in [2.05, 4.69) is 52.9 Å². The number of hydrogen-bond acceptors (Lipinski definition) is 2. The van der Waals surface area contributed by atoms with Crippen LogP contribution in [0.1, 0.15) is 61.9 Å². The minimum atomic E-state index is 0.317. The molecule has 17 heavy (non-hydrogen) atoms. The molecule has 1 atom stereocenters. The highest BCUT2D eigenvalue weighted by Crippen LogP contribution is 2.40. The molecule has 1 aromatic heterocycles. The van der Waals surface area contributed by atoms with Crippen LogP contribution in [-0.2, 0) is 0 Å². The average molecular weight is 253 g/mol. The number of nitrogens with one attached hydrogen (secondary N) is 1. The number of hydrogen-bond donors (Lipinski definition) is 1. The Labute approximate surface area is 111 Å². The third kappa shape index (κ3) is 3.56. The molecule has 0 spiro atoms. The summed E-state index contributed by atoms with van der Waals surface area (Å²) in [6.07, 6.45) is 2.39. The van der Waals surface area contributed by atoms with Gasteiger partial charge in [0.2, 0.25) is 0 Å². The van der Waals surface area contributed by atoms with Crippen LogP contribution in [0.3, 0.4) is 0 Å². The van der Waals surface area contributed by atoms with E-state index in [1.807, 2.05) is 11.3 Å². The summed E-state index contributed by atoms with van der Waals surface area (Å²) in [5, 5.41) is 3.74. The maximum Gasteiger partial charge on any atom is 0.0469 e. The van der Waals surface area contributed by atoms with Gasteiger partial charge in [-0.3, -0.25) is 0 Å². The summed E-state index contributed by atoms with van der Waals surface area (Å²) in [6.45, 7) is 14.8. The molecule has 98 valence electrons. The molecular weight excluding hydrogens is 226 g/mol. The van der Waals surface area contributed by atoms with Crippen LogP contribution in [0.25, 0.3) is 0 Å².